The fraction of sp³-hybridized carbons (Fsp3) is 0.0606. The molecule has 2 heterocycles. The molecule has 0 fully saturated rings. The standard InChI is InChI=1S/C33H23N3O4/c37-36(38)27-17-18-29-28(21-27)32(23-16-19-30-31(20-23)40-22-39-30)34-35(29)33(24-10-4-1-5-11-24,25-12-6-2-7-13-25)26-14-8-3-9-15-26/h1-21H,22H2. The number of benzene rings is 5. The fourth-order valence-electron chi connectivity index (χ4n) is 5.64. The number of ether oxygens (including phenoxy) is 2. The summed E-state index contributed by atoms with van der Waals surface area (Å²) in [6.45, 7) is 0.151. The smallest absolute Gasteiger partial charge is 0.270 e. The minimum atomic E-state index is -0.882. The van der Waals surface area contributed by atoms with Crippen LogP contribution in [-0.2, 0) is 5.54 Å². The molecular formula is C33H23N3O4. The monoisotopic (exact) mass is 525 g/mol. The van der Waals surface area contributed by atoms with Crippen molar-refractivity contribution in [2.24, 2.45) is 0 Å². The van der Waals surface area contributed by atoms with E-state index in [1.54, 1.807) is 12.1 Å². The van der Waals surface area contributed by atoms with Crippen LogP contribution in [0.1, 0.15) is 16.7 Å². The van der Waals surface area contributed by atoms with Crippen molar-refractivity contribution in [3.63, 3.8) is 0 Å². The van der Waals surface area contributed by atoms with Crippen molar-refractivity contribution in [2.75, 3.05) is 6.79 Å². The van der Waals surface area contributed by atoms with Crippen LogP contribution < -0.4 is 9.47 Å². The van der Waals surface area contributed by atoms with Crippen LogP contribution in [0.5, 0.6) is 11.5 Å². The van der Waals surface area contributed by atoms with Crippen LogP contribution in [-0.4, -0.2) is 21.5 Å². The van der Waals surface area contributed by atoms with Crippen LogP contribution in [0, 0.1) is 10.1 Å². The molecule has 7 heteroatoms. The van der Waals surface area contributed by atoms with Crippen LogP contribution in [0.25, 0.3) is 22.2 Å². The van der Waals surface area contributed by atoms with Crippen LogP contribution in [0.15, 0.2) is 127 Å². The maximum absolute atomic E-state index is 11.9. The van der Waals surface area contributed by atoms with Gasteiger partial charge in [-0.05, 0) is 41.0 Å². The minimum Gasteiger partial charge on any atom is -0.454 e. The third-order valence-corrected chi connectivity index (χ3v) is 7.41. The number of nitro groups is 1. The average Bonchev–Trinajstić information content (AvgIpc) is 3.64. The lowest BCUT2D eigenvalue weighted by atomic mass is 9.77. The third-order valence-electron chi connectivity index (χ3n) is 7.41. The normalized spacial score (nSPS) is 12.5. The molecule has 40 heavy (non-hydrogen) atoms. The average molecular weight is 526 g/mol. The molecule has 0 aliphatic carbocycles. The lowest BCUT2D eigenvalue weighted by Gasteiger charge is -2.37. The number of fused-ring (bicyclic) bond motifs is 2. The summed E-state index contributed by atoms with van der Waals surface area (Å²) in [7, 11) is 0. The molecule has 0 spiro atoms. The minimum absolute atomic E-state index is 0.00113. The van der Waals surface area contributed by atoms with Crippen molar-refractivity contribution in [3.05, 3.63) is 154 Å². The lowest BCUT2D eigenvalue weighted by molar-refractivity contribution is -0.384. The summed E-state index contributed by atoms with van der Waals surface area (Å²) < 4.78 is 13.2. The van der Waals surface area contributed by atoms with Gasteiger partial charge in [-0.2, -0.15) is 5.10 Å². The summed E-state index contributed by atoms with van der Waals surface area (Å²) in [6, 6.07) is 41.2. The molecule has 1 aromatic heterocycles. The number of nitrogens with zero attached hydrogens (tertiary/aromatic N) is 3. The zero-order valence-electron chi connectivity index (χ0n) is 21.3. The molecule has 194 valence electrons. The molecular weight excluding hydrogens is 502 g/mol. The first-order chi connectivity index (χ1) is 19.7. The van der Waals surface area contributed by atoms with Crippen molar-refractivity contribution in [2.45, 2.75) is 5.54 Å². The summed E-state index contributed by atoms with van der Waals surface area (Å²) in [5.74, 6) is 1.27. The van der Waals surface area contributed by atoms with Gasteiger partial charge >= 0.3 is 0 Å². The second-order valence-electron chi connectivity index (χ2n) is 9.60. The van der Waals surface area contributed by atoms with Crippen molar-refractivity contribution in [3.8, 4) is 22.8 Å². The molecule has 0 bridgehead atoms. The molecule has 7 rings (SSSR count). The Labute approximate surface area is 230 Å². The third kappa shape index (κ3) is 3.63. The Morgan fingerprint density at radius 2 is 1.27 bits per heavy atom. The Balaban J connectivity index is 1.62. The number of nitro benzene ring substituents is 1. The van der Waals surface area contributed by atoms with E-state index in [4.69, 9.17) is 14.6 Å². The van der Waals surface area contributed by atoms with E-state index in [0.717, 1.165) is 27.8 Å². The highest BCUT2D eigenvalue weighted by Crippen LogP contribution is 2.45. The molecule has 1 aliphatic heterocycles. The first-order valence-corrected chi connectivity index (χ1v) is 12.9. The van der Waals surface area contributed by atoms with Gasteiger partial charge in [0.25, 0.3) is 5.69 Å². The first kappa shape index (κ1) is 23.7. The first-order valence-electron chi connectivity index (χ1n) is 12.9. The van der Waals surface area contributed by atoms with E-state index >= 15 is 0 Å². The van der Waals surface area contributed by atoms with Gasteiger partial charge < -0.3 is 9.47 Å². The van der Waals surface area contributed by atoms with E-state index in [1.165, 1.54) is 6.07 Å². The van der Waals surface area contributed by atoms with Gasteiger partial charge in [0.1, 0.15) is 11.2 Å². The molecule has 0 saturated heterocycles. The molecule has 0 radical (unpaired) electrons. The Bertz CT molecular complexity index is 1760. The summed E-state index contributed by atoms with van der Waals surface area (Å²) in [4.78, 5) is 11.5. The zero-order valence-corrected chi connectivity index (χ0v) is 21.3. The Hall–Kier alpha value is -5.43. The van der Waals surface area contributed by atoms with Gasteiger partial charge in [0.05, 0.1) is 10.4 Å². The number of hydrogen-bond acceptors (Lipinski definition) is 5. The number of aromatic nitrogens is 2. The Morgan fingerprint density at radius 1 is 0.700 bits per heavy atom. The van der Waals surface area contributed by atoms with Crippen molar-refractivity contribution in [1.82, 2.24) is 9.78 Å². The van der Waals surface area contributed by atoms with Gasteiger partial charge in [0.15, 0.2) is 11.5 Å². The Kier molecular flexibility index (Phi) is 5.56. The van der Waals surface area contributed by atoms with E-state index in [1.807, 2.05) is 77.5 Å². The highest BCUT2D eigenvalue weighted by atomic mass is 16.7. The van der Waals surface area contributed by atoms with Gasteiger partial charge in [-0.15, -0.1) is 0 Å². The van der Waals surface area contributed by atoms with Crippen molar-refractivity contribution in [1.29, 1.82) is 0 Å². The van der Waals surface area contributed by atoms with Gasteiger partial charge in [-0.25, -0.2) is 4.68 Å². The maximum Gasteiger partial charge on any atom is 0.270 e. The zero-order chi connectivity index (χ0) is 27.1. The summed E-state index contributed by atoms with van der Waals surface area (Å²) in [6.07, 6.45) is 0. The topological polar surface area (TPSA) is 79.4 Å². The molecule has 0 unspecified atom stereocenters. The predicted molar refractivity (Wildman–Crippen MR) is 153 cm³/mol. The summed E-state index contributed by atoms with van der Waals surface area (Å²) in [5, 5.41) is 17.8. The predicted octanol–water partition coefficient (Wildman–Crippen LogP) is 7.18. The van der Waals surface area contributed by atoms with Crippen molar-refractivity contribution >= 4 is 16.6 Å². The molecule has 6 aromatic rings. The molecule has 0 saturated carbocycles. The Morgan fingerprint density at radius 3 is 1.85 bits per heavy atom. The molecule has 5 aromatic carbocycles. The van der Waals surface area contributed by atoms with Gasteiger partial charge in [-0.3, -0.25) is 10.1 Å². The molecule has 0 amide bonds. The van der Waals surface area contributed by atoms with Gasteiger partial charge in [-0.1, -0.05) is 91.0 Å². The van der Waals surface area contributed by atoms with Crippen LogP contribution in [0.4, 0.5) is 5.69 Å². The summed E-state index contributed by atoms with van der Waals surface area (Å²) >= 11 is 0. The van der Waals surface area contributed by atoms with E-state index in [2.05, 4.69) is 36.4 Å². The quantitative estimate of drug-likeness (QED) is 0.131. The van der Waals surface area contributed by atoms with Crippen LogP contribution >= 0.6 is 0 Å². The SMILES string of the molecule is O=[N+]([O-])c1ccc2c(c1)c(-c1ccc3c(c1)OCO3)nn2C(c1ccccc1)(c1ccccc1)c1ccccc1. The largest absolute Gasteiger partial charge is 0.454 e. The van der Waals surface area contributed by atoms with Crippen molar-refractivity contribution < 1.29 is 14.4 Å². The molecule has 0 N–H and O–H groups in total. The van der Waals surface area contributed by atoms with Gasteiger partial charge in [0, 0.05) is 23.1 Å². The second kappa shape index (κ2) is 9.39. The number of rotatable bonds is 6. The maximum atomic E-state index is 11.9. The highest BCUT2D eigenvalue weighted by molar-refractivity contribution is 5.95. The van der Waals surface area contributed by atoms with Crippen LogP contribution in [0.2, 0.25) is 0 Å². The van der Waals surface area contributed by atoms with E-state index in [0.29, 0.717) is 22.6 Å². The fourth-order valence-corrected chi connectivity index (χ4v) is 5.64. The molecule has 7 nitrogen and oxygen atoms in total. The number of hydrogen-bond donors (Lipinski definition) is 0. The highest BCUT2D eigenvalue weighted by Gasteiger charge is 2.41. The number of non-ortho nitro benzene ring substituents is 1. The molecule has 1 aliphatic rings. The van der Waals surface area contributed by atoms with E-state index < -0.39 is 5.54 Å². The van der Waals surface area contributed by atoms with E-state index in [-0.39, 0.29) is 17.4 Å². The lowest BCUT2D eigenvalue weighted by Crippen LogP contribution is -2.38. The van der Waals surface area contributed by atoms with Gasteiger partial charge in [0.2, 0.25) is 6.79 Å². The van der Waals surface area contributed by atoms with E-state index in [9.17, 15) is 10.1 Å². The summed E-state index contributed by atoms with van der Waals surface area (Å²) in [5.41, 5.74) is 4.29. The second-order valence-corrected chi connectivity index (χ2v) is 9.60. The molecule has 0 atom stereocenters. The van der Waals surface area contributed by atoms with Crippen LogP contribution in [0.3, 0.4) is 0 Å².